The summed E-state index contributed by atoms with van der Waals surface area (Å²) in [6.45, 7) is 1.63. The number of amides is 1. The molecule has 1 aliphatic rings. The van der Waals surface area contributed by atoms with Crippen molar-refractivity contribution in [2.45, 2.75) is 38.0 Å². The lowest BCUT2D eigenvalue weighted by molar-refractivity contribution is -0.268. The number of hydrogen-bond acceptors (Lipinski definition) is 2. The fourth-order valence-corrected chi connectivity index (χ4v) is 2.34. The molecular formula is C13H12F5NO2. The van der Waals surface area contributed by atoms with E-state index in [4.69, 9.17) is 0 Å². The molecule has 21 heavy (non-hydrogen) atoms. The van der Waals surface area contributed by atoms with Gasteiger partial charge < -0.3 is 4.74 Å². The summed E-state index contributed by atoms with van der Waals surface area (Å²) in [4.78, 5) is 11.4. The molecule has 0 saturated carbocycles. The predicted octanol–water partition coefficient (Wildman–Crippen LogP) is 4.47. The van der Waals surface area contributed by atoms with Crippen molar-refractivity contribution in [1.29, 1.82) is 0 Å². The minimum absolute atomic E-state index is 0.0299. The van der Waals surface area contributed by atoms with Crippen molar-refractivity contribution in [3.05, 3.63) is 29.3 Å². The van der Waals surface area contributed by atoms with Gasteiger partial charge in [-0.1, -0.05) is 13.3 Å². The Morgan fingerprint density at radius 2 is 1.95 bits per heavy atom. The van der Waals surface area contributed by atoms with Gasteiger partial charge in [0.2, 0.25) is 5.60 Å². The van der Waals surface area contributed by atoms with E-state index in [0.29, 0.717) is 12.5 Å². The molecule has 1 aliphatic heterocycles. The number of ether oxygens (including phenoxy) is 1. The summed E-state index contributed by atoms with van der Waals surface area (Å²) in [6, 6.07) is 1.54. The van der Waals surface area contributed by atoms with Crippen LogP contribution in [0.1, 0.15) is 31.7 Å². The quantitative estimate of drug-likeness (QED) is 0.836. The van der Waals surface area contributed by atoms with Crippen LogP contribution >= 0.6 is 0 Å². The van der Waals surface area contributed by atoms with Crippen LogP contribution in [-0.4, -0.2) is 12.3 Å². The smallest absolute Gasteiger partial charge is 0.428 e. The Labute approximate surface area is 117 Å². The summed E-state index contributed by atoms with van der Waals surface area (Å²) in [5.74, 6) is -3.10. The van der Waals surface area contributed by atoms with Gasteiger partial charge in [0.1, 0.15) is 0 Å². The maximum atomic E-state index is 14.0. The number of halogens is 5. The number of fused-ring (bicyclic) bond motifs is 1. The highest BCUT2D eigenvalue weighted by atomic mass is 19.4. The van der Waals surface area contributed by atoms with Crippen molar-refractivity contribution in [2.75, 3.05) is 5.32 Å². The molecule has 1 N–H and O–H groups in total. The van der Waals surface area contributed by atoms with Crippen molar-refractivity contribution in [2.24, 2.45) is 0 Å². The molecule has 0 radical (unpaired) electrons. The lowest BCUT2D eigenvalue weighted by Gasteiger charge is -2.39. The number of carbonyl (C=O) groups is 1. The molecule has 1 atom stereocenters. The fraction of sp³-hybridized carbons (Fsp3) is 0.462. The molecule has 0 spiro atoms. The van der Waals surface area contributed by atoms with E-state index in [1.165, 1.54) is 0 Å². The number of hydrogen-bond donors (Lipinski definition) is 1. The van der Waals surface area contributed by atoms with E-state index in [1.54, 1.807) is 6.92 Å². The SMILES string of the molecule is CCCCC1(C(F)(F)F)OC(=O)Nc2ccc(F)c(F)c21. The second kappa shape index (κ2) is 5.16. The Hall–Kier alpha value is -1.86. The summed E-state index contributed by atoms with van der Waals surface area (Å²) in [7, 11) is 0. The van der Waals surface area contributed by atoms with Crippen molar-refractivity contribution >= 4 is 11.8 Å². The zero-order valence-electron chi connectivity index (χ0n) is 11.0. The standard InChI is InChI=1S/C13H12F5NO2/c1-2-3-6-12(13(16,17)18)9-8(19-11(20)21-12)5-4-7(14)10(9)15/h4-5H,2-3,6H2,1H3,(H,19,20). The third-order valence-electron chi connectivity index (χ3n) is 3.34. The Morgan fingerprint density at radius 3 is 2.52 bits per heavy atom. The van der Waals surface area contributed by atoms with E-state index in [2.05, 4.69) is 4.74 Å². The number of nitrogens with one attached hydrogen (secondary N) is 1. The average Bonchev–Trinajstić information content (AvgIpc) is 2.38. The van der Waals surface area contributed by atoms with E-state index >= 15 is 0 Å². The highest BCUT2D eigenvalue weighted by Crippen LogP contribution is 2.51. The monoisotopic (exact) mass is 309 g/mol. The van der Waals surface area contributed by atoms with E-state index in [0.717, 1.165) is 6.07 Å². The Kier molecular flexibility index (Phi) is 3.81. The second-order valence-corrected chi connectivity index (χ2v) is 4.73. The molecule has 1 aromatic carbocycles. The summed E-state index contributed by atoms with van der Waals surface area (Å²) < 4.78 is 72.2. The maximum Gasteiger partial charge on any atom is 0.433 e. The largest absolute Gasteiger partial charge is 0.433 e. The fourth-order valence-electron chi connectivity index (χ4n) is 2.34. The van der Waals surface area contributed by atoms with E-state index in [-0.39, 0.29) is 6.42 Å². The number of carbonyl (C=O) groups excluding carboxylic acids is 1. The first-order valence-electron chi connectivity index (χ1n) is 6.28. The topological polar surface area (TPSA) is 38.3 Å². The molecule has 1 unspecified atom stereocenters. The normalized spacial score (nSPS) is 21.5. The van der Waals surface area contributed by atoms with Crippen molar-refractivity contribution in [3.8, 4) is 0 Å². The maximum absolute atomic E-state index is 14.0. The molecule has 0 bridgehead atoms. The van der Waals surface area contributed by atoms with Gasteiger partial charge in [-0.05, 0) is 18.6 Å². The summed E-state index contributed by atoms with van der Waals surface area (Å²) >= 11 is 0. The number of cyclic esters (lactones) is 1. The summed E-state index contributed by atoms with van der Waals surface area (Å²) in [6.07, 6.45) is -6.68. The van der Waals surface area contributed by atoms with Crippen LogP contribution in [0.2, 0.25) is 0 Å². The second-order valence-electron chi connectivity index (χ2n) is 4.73. The molecule has 1 heterocycles. The molecule has 8 heteroatoms. The summed E-state index contributed by atoms with van der Waals surface area (Å²) in [5.41, 5.74) is -4.62. The van der Waals surface area contributed by atoms with Gasteiger partial charge in [-0.15, -0.1) is 0 Å². The van der Waals surface area contributed by atoms with Crippen LogP contribution in [0.25, 0.3) is 0 Å². The molecule has 1 amide bonds. The summed E-state index contributed by atoms with van der Waals surface area (Å²) in [5, 5.41) is 1.96. The zero-order valence-corrected chi connectivity index (χ0v) is 11.0. The van der Waals surface area contributed by atoms with Gasteiger partial charge in [-0.3, -0.25) is 5.32 Å². The molecule has 2 rings (SSSR count). The van der Waals surface area contributed by atoms with Gasteiger partial charge in [0.05, 0.1) is 11.3 Å². The number of benzene rings is 1. The lowest BCUT2D eigenvalue weighted by Crippen LogP contribution is -2.51. The van der Waals surface area contributed by atoms with Gasteiger partial charge in [0.15, 0.2) is 11.6 Å². The first kappa shape index (κ1) is 15.5. The number of anilines is 1. The van der Waals surface area contributed by atoms with Crippen LogP contribution in [-0.2, 0) is 10.3 Å². The molecule has 116 valence electrons. The highest BCUT2D eigenvalue weighted by Gasteiger charge is 2.63. The van der Waals surface area contributed by atoms with Crippen molar-refractivity contribution < 1.29 is 31.5 Å². The van der Waals surface area contributed by atoms with Gasteiger partial charge in [0, 0.05) is 6.42 Å². The van der Waals surface area contributed by atoms with Gasteiger partial charge >= 0.3 is 12.3 Å². The minimum Gasteiger partial charge on any atom is -0.428 e. The van der Waals surface area contributed by atoms with Crippen LogP contribution < -0.4 is 5.32 Å². The van der Waals surface area contributed by atoms with E-state index < -0.39 is 47.2 Å². The Balaban J connectivity index is 2.71. The zero-order chi connectivity index (χ0) is 15.8. The van der Waals surface area contributed by atoms with Gasteiger partial charge in [-0.2, -0.15) is 13.2 Å². The number of unbranched alkanes of at least 4 members (excludes halogenated alkanes) is 1. The van der Waals surface area contributed by atoms with Crippen LogP contribution in [0.4, 0.5) is 32.4 Å². The third-order valence-corrected chi connectivity index (χ3v) is 3.34. The molecule has 1 aromatic rings. The molecule has 0 aromatic heterocycles. The number of alkyl halides is 3. The van der Waals surface area contributed by atoms with Gasteiger partial charge in [-0.25, -0.2) is 13.6 Å². The first-order valence-corrected chi connectivity index (χ1v) is 6.28. The van der Waals surface area contributed by atoms with Crippen LogP contribution in [0.5, 0.6) is 0 Å². The van der Waals surface area contributed by atoms with Crippen LogP contribution in [0.3, 0.4) is 0 Å². The number of rotatable bonds is 3. The Bertz CT molecular complexity index is 572. The lowest BCUT2D eigenvalue weighted by atomic mass is 9.85. The first-order chi connectivity index (χ1) is 9.73. The van der Waals surface area contributed by atoms with E-state index in [9.17, 15) is 26.7 Å². The molecule has 0 aliphatic carbocycles. The molecule has 0 fully saturated rings. The van der Waals surface area contributed by atoms with Crippen LogP contribution in [0, 0.1) is 11.6 Å². The Morgan fingerprint density at radius 1 is 1.29 bits per heavy atom. The van der Waals surface area contributed by atoms with Gasteiger partial charge in [0.25, 0.3) is 0 Å². The predicted molar refractivity (Wildman–Crippen MR) is 63.7 cm³/mol. The van der Waals surface area contributed by atoms with Crippen molar-refractivity contribution in [1.82, 2.24) is 0 Å². The average molecular weight is 309 g/mol. The molecule has 0 saturated heterocycles. The molecule has 3 nitrogen and oxygen atoms in total. The minimum atomic E-state index is -5.07. The third kappa shape index (κ3) is 2.43. The highest BCUT2D eigenvalue weighted by molar-refractivity contribution is 5.89. The molecular weight excluding hydrogens is 297 g/mol. The van der Waals surface area contributed by atoms with Crippen LogP contribution in [0.15, 0.2) is 12.1 Å². The van der Waals surface area contributed by atoms with Crippen molar-refractivity contribution in [3.63, 3.8) is 0 Å². The van der Waals surface area contributed by atoms with E-state index in [1.807, 2.05) is 5.32 Å².